The van der Waals surface area contributed by atoms with Crippen LogP contribution in [0.2, 0.25) is 0 Å². The molecule has 2 aromatic carbocycles. The van der Waals surface area contributed by atoms with Gasteiger partial charge in [0.15, 0.2) is 0 Å². The Hall–Kier alpha value is -1.87. The van der Waals surface area contributed by atoms with Gasteiger partial charge in [0.25, 0.3) is 0 Å². The van der Waals surface area contributed by atoms with E-state index in [1.807, 2.05) is 18.2 Å². The molecule has 0 heterocycles. The number of hydrogen-bond donors (Lipinski definition) is 1. The summed E-state index contributed by atoms with van der Waals surface area (Å²) in [5.74, 6) is 0.437. The van der Waals surface area contributed by atoms with Gasteiger partial charge in [0.05, 0.1) is 6.04 Å². The van der Waals surface area contributed by atoms with Gasteiger partial charge in [0.2, 0.25) is 0 Å². The average molecular weight is 273 g/mol. The molecule has 3 heteroatoms. The molecule has 2 nitrogen and oxygen atoms in total. The fraction of sp³-hybridized carbons (Fsp3) is 0.294. The van der Waals surface area contributed by atoms with Crippen LogP contribution in [0.15, 0.2) is 54.6 Å². The summed E-state index contributed by atoms with van der Waals surface area (Å²) >= 11 is 0. The molecule has 0 fully saturated rings. The summed E-state index contributed by atoms with van der Waals surface area (Å²) < 4.78 is 18.6. The van der Waals surface area contributed by atoms with Gasteiger partial charge in [-0.05, 0) is 42.8 Å². The second-order valence-corrected chi connectivity index (χ2v) is 4.68. The fourth-order valence-electron chi connectivity index (χ4n) is 1.99. The number of rotatable bonds is 7. The quantitative estimate of drug-likeness (QED) is 0.825. The molecule has 0 aliphatic heterocycles. The lowest BCUT2D eigenvalue weighted by Gasteiger charge is -2.19. The van der Waals surface area contributed by atoms with Crippen molar-refractivity contribution in [3.63, 3.8) is 0 Å². The maximum atomic E-state index is 12.8. The normalized spacial score (nSPS) is 12.1. The highest BCUT2D eigenvalue weighted by Gasteiger charge is 2.11. The number of ether oxygens (including phenoxy) is 1. The van der Waals surface area contributed by atoms with Crippen molar-refractivity contribution >= 4 is 0 Å². The van der Waals surface area contributed by atoms with Crippen LogP contribution in [0, 0.1) is 5.82 Å². The Morgan fingerprint density at radius 3 is 2.40 bits per heavy atom. The minimum atomic E-state index is -0.249. The molecule has 0 bridgehead atoms. The van der Waals surface area contributed by atoms with Crippen LogP contribution in [0.25, 0.3) is 0 Å². The van der Waals surface area contributed by atoms with E-state index in [-0.39, 0.29) is 11.9 Å². The van der Waals surface area contributed by atoms with Gasteiger partial charge in [-0.15, -0.1) is 0 Å². The fourth-order valence-corrected chi connectivity index (χ4v) is 1.99. The van der Waals surface area contributed by atoms with Crippen LogP contribution in [-0.4, -0.2) is 13.2 Å². The molecule has 20 heavy (non-hydrogen) atoms. The van der Waals surface area contributed by atoms with Crippen LogP contribution < -0.4 is 10.1 Å². The second-order valence-electron chi connectivity index (χ2n) is 4.68. The zero-order valence-electron chi connectivity index (χ0n) is 11.7. The molecule has 106 valence electrons. The molecule has 1 unspecified atom stereocenters. The van der Waals surface area contributed by atoms with E-state index in [2.05, 4.69) is 24.4 Å². The van der Waals surface area contributed by atoms with E-state index in [4.69, 9.17) is 4.74 Å². The van der Waals surface area contributed by atoms with Crippen molar-refractivity contribution in [2.24, 2.45) is 0 Å². The van der Waals surface area contributed by atoms with Crippen molar-refractivity contribution in [1.29, 1.82) is 0 Å². The Morgan fingerprint density at radius 1 is 1.05 bits per heavy atom. The third kappa shape index (κ3) is 4.35. The molecular formula is C17H20FNO. The van der Waals surface area contributed by atoms with E-state index >= 15 is 0 Å². The Bertz CT molecular complexity index is 498. The second kappa shape index (κ2) is 7.65. The van der Waals surface area contributed by atoms with Crippen molar-refractivity contribution in [3.05, 3.63) is 66.0 Å². The lowest BCUT2D eigenvalue weighted by molar-refractivity contribution is 0.266. The first kappa shape index (κ1) is 14.5. The summed E-state index contributed by atoms with van der Waals surface area (Å²) in [4.78, 5) is 0. The van der Waals surface area contributed by atoms with Crippen molar-refractivity contribution in [2.45, 2.75) is 19.4 Å². The van der Waals surface area contributed by atoms with Gasteiger partial charge >= 0.3 is 0 Å². The van der Waals surface area contributed by atoms with Gasteiger partial charge in [-0.25, -0.2) is 4.39 Å². The molecule has 0 aliphatic carbocycles. The first-order chi connectivity index (χ1) is 9.79. The minimum Gasteiger partial charge on any atom is -0.492 e. The van der Waals surface area contributed by atoms with Gasteiger partial charge in [-0.2, -0.15) is 0 Å². The maximum Gasteiger partial charge on any atom is 0.123 e. The van der Waals surface area contributed by atoms with Gasteiger partial charge in [0, 0.05) is 0 Å². The lowest BCUT2D eigenvalue weighted by Crippen LogP contribution is -2.27. The molecule has 0 spiro atoms. The average Bonchev–Trinajstić information content (AvgIpc) is 2.50. The van der Waals surface area contributed by atoms with Crippen LogP contribution in [-0.2, 0) is 0 Å². The largest absolute Gasteiger partial charge is 0.492 e. The van der Waals surface area contributed by atoms with E-state index in [9.17, 15) is 4.39 Å². The standard InChI is InChI=1S/C17H20FNO/c1-2-12-19-17(14-6-4-3-5-7-14)13-20-16-10-8-15(18)9-11-16/h3-11,17,19H,2,12-13H2,1H3. The Morgan fingerprint density at radius 2 is 1.75 bits per heavy atom. The monoisotopic (exact) mass is 273 g/mol. The topological polar surface area (TPSA) is 21.3 Å². The number of benzene rings is 2. The van der Waals surface area contributed by atoms with Gasteiger partial charge in [-0.3, -0.25) is 0 Å². The molecule has 1 N–H and O–H groups in total. The third-order valence-corrected chi connectivity index (χ3v) is 3.07. The maximum absolute atomic E-state index is 12.8. The van der Waals surface area contributed by atoms with Crippen molar-refractivity contribution in [2.75, 3.05) is 13.2 Å². The van der Waals surface area contributed by atoms with Gasteiger partial charge in [0.1, 0.15) is 18.2 Å². The number of nitrogens with one attached hydrogen (secondary N) is 1. The summed E-state index contributed by atoms with van der Waals surface area (Å²) in [6.07, 6.45) is 1.07. The smallest absolute Gasteiger partial charge is 0.123 e. The summed E-state index contributed by atoms with van der Waals surface area (Å²) in [6.45, 7) is 3.60. The highest BCUT2D eigenvalue weighted by Crippen LogP contribution is 2.17. The van der Waals surface area contributed by atoms with E-state index in [1.165, 1.54) is 17.7 Å². The summed E-state index contributed by atoms with van der Waals surface area (Å²) in [7, 11) is 0. The molecule has 0 saturated heterocycles. The highest BCUT2D eigenvalue weighted by atomic mass is 19.1. The molecular weight excluding hydrogens is 253 g/mol. The zero-order valence-corrected chi connectivity index (χ0v) is 11.7. The molecule has 0 saturated carbocycles. The first-order valence-corrected chi connectivity index (χ1v) is 6.96. The van der Waals surface area contributed by atoms with Crippen molar-refractivity contribution in [1.82, 2.24) is 5.32 Å². The highest BCUT2D eigenvalue weighted by molar-refractivity contribution is 5.23. The number of halogens is 1. The van der Waals surface area contributed by atoms with E-state index in [0.29, 0.717) is 12.4 Å². The van der Waals surface area contributed by atoms with Crippen LogP contribution in [0.5, 0.6) is 5.75 Å². The van der Waals surface area contributed by atoms with Gasteiger partial charge in [-0.1, -0.05) is 37.3 Å². The summed E-state index contributed by atoms with van der Waals surface area (Å²) in [6, 6.07) is 16.5. The van der Waals surface area contributed by atoms with E-state index in [0.717, 1.165) is 13.0 Å². The summed E-state index contributed by atoms with van der Waals surface area (Å²) in [5.41, 5.74) is 1.20. The van der Waals surface area contributed by atoms with Crippen LogP contribution in [0.4, 0.5) is 4.39 Å². The van der Waals surface area contributed by atoms with Crippen LogP contribution >= 0.6 is 0 Å². The predicted molar refractivity (Wildman–Crippen MR) is 79.4 cm³/mol. The zero-order chi connectivity index (χ0) is 14.2. The van der Waals surface area contributed by atoms with E-state index < -0.39 is 0 Å². The number of hydrogen-bond acceptors (Lipinski definition) is 2. The lowest BCUT2D eigenvalue weighted by atomic mass is 10.1. The SMILES string of the molecule is CCCNC(COc1ccc(F)cc1)c1ccccc1. The molecule has 2 rings (SSSR count). The van der Waals surface area contributed by atoms with Crippen LogP contribution in [0.1, 0.15) is 24.9 Å². The Labute approximate surface area is 119 Å². The first-order valence-electron chi connectivity index (χ1n) is 6.96. The molecule has 0 radical (unpaired) electrons. The Balaban J connectivity index is 1.99. The molecule has 0 amide bonds. The predicted octanol–water partition coefficient (Wildman–Crippen LogP) is 3.95. The minimum absolute atomic E-state index is 0.140. The Kier molecular flexibility index (Phi) is 5.56. The molecule has 1 atom stereocenters. The van der Waals surface area contributed by atoms with Gasteiger partial charge < -0.3 is 10.1 Å². The van der Waals surface area contributed by atoms with Crippen molar-refractivity contribution in [3.8, 4) is 5.75 Å². The molecule has 2 aromatic rings. The van der Waals surface area contributed by atoms with Crippen LogP contribution in [0.3, 0.4) is 0 Å². The van der Waals surface area contributed by atoms with Crippen molar-refractivity contribution < 1.29 is 9.13 Å². The summed E-state index contributed by atoms with van der Waals surface area (Å²) in [5, 5.41) is 3.47. The molecule has 0 aliphatic rings. The third-order valence-electron chi connectivity index (χ3n) is 3.07. The molecule has 0 aromatic heterocycles. The van der Waals surface area contributed by atoms with E-state index in [1.54, 1.807) is 12.1 Å².